The molecule has 0 aliphatic heterocycles. The molecule has 58 heavy (non-hydrogen) atoms. The lowest BCUT2D eigenvalue weighted by atomic mass is 9.86. The van der Waals surface area contributed by atoms with Crippen LogP contribution in [-0.4, -0.2) is 9.13 Å². The fourth-order valence-electron chi connectivity index (χ4n) is 9.18. The molecule has 0 saturated carbocycles. The molecule has 0 amide bonds. The Balaban J connectivity index is 1.34. The second-order valence-corrected chi connectivity index (χ2v) is 17.6. The van der Waals surface area contributed by atoms with Gasteiger partial charge in [-0.2, -0.15) is 10.5 Å². The molecule has 11 rings (SSSR count). The smallest absolute Gasteiger partial charge is 0.145 e. The maximum absolute atomic E-state index is 11.1. The molecule has 4 aromatic heterocycles. The zero-order chi connectivity index (χ0) is 39.8. The maximum Gasteiger partial charge on any atom is 0.145 e. The summed E-state index contributed by atoms with van der Waals surface area (Å²) in [5.74, 6) is 0. The number of nitrogens with zero attached hydrogens (tertiary/aromatic N) is 4. The summed E-state index contributed by atoms with van der Waals surface area (Å²) < 4.78 is 17.9. The first kappa shape index (κ1) is 34.0. The van der Waals surface area contributed by atoms with E-state index >= 15 is 0 Å². The number of rotatable bonds is 2. The average Bonchev–Trinajstić information content (AvgIpc) is 3.96. The van der Waals surface area contributed by atoms with Crippen LogP contribution in [0, 0.1) is 22.7 Å². The normalized spacial score (nSPS) is 12.6. The van der Waals surface area contributed by atoms with E-state index in [0.717, 1.165) is 93.2 Å². The van der Waals surface area contributed by atoms with Crippen LogP contribution in [0.2, 0.25) is 0 Å². The first-order valence-corrected chi connectivity index (χ1v) is 19.7. The molecule has 6 nitrogen and oxygen atoms in total. The fourth-order valence-corrected chi connectivity index (χ4v) is 9.18. The third-order valence-corrected chi connectivity index (χ3v) is 12.1. The molecule has 4 heterocycles. The van der Waals surface area contributed by atoms with E-state index < -0.39 is 0 Å². The van der Waals surface area contributed by atoms with Gasteiger partial charge in [-0.15, -0.1) is 0 Å². The van der Waals surface area contributed by atoms with Crippen molar-refractivity contribution in [3.05, 3.63) is 144 Å². The van der Waals surface area contributed by atoms with Gasteiger partial charge in [0.1, 0.15) is 28.4 Å². The van der Waals surface area contributed by atoms with Gasteiger partial charge in [-0.25, -0.2) is 0 Å². The van der Waals surface area contributed by atoms with Gasteiger partial charge in [0, 0.05) is 32.3 Å². The minimum absolute atomic E-state index is 0.110. The summed E-state index contributed by atoms with van der Waals surface area (Å²) in [4.78, 5) is 0. The molecule has 0 spiro atoms. The monoisotopic (exact) mass is 750 g/mol. The van der Waals surface area contributed by atoms with Crippen LogP contribution in [0.1, 0.15) is 63.8 Å². The summed E-state index contributed by atoms with van der Waals surface area (Å²) in [5, 5.41) is 29.8. The average molecular weight is 751 g/mol. The summed E-state index contributed by atoms with van der Waals surface area (Å²) in [5.41, 5.74) is 11.4. The highest BCUT2D eigenvalue weighted by Crippen LogP contribution is 2.46. The van der Waals surface area contributed by atoms with Crippen molar-refractivity contribution in [2.75, 3.05) is 0 Å². The molecule has 278 valence electrons. The molecular formula is C52H38N4O2. The van der Waals surface area contributed by atoms with E-state index in [1.807, 2.05) is 42.5 Å². The van der Waals surface area contributed by atoms with Crippen molar-refractivity contribution < 1.29 is 8.83 Å². The molecule has 0 unspecified atom stereocenters. The van der Waals surface area contributed by atoms with E-state index in [9.17, 15) is 10.5 Å². The molecule has 0 radical (unpaired) electrons. The van der Waals surface area contributed by atoms with Crippen LogP contribution in [0.15, 0.2) is 130 Å². The number of hydrogen-bond donors (Lipinski definition) is 0. The largest absolute Gasteiger partial charge is 0.455 e. The van der Waals surface area contributed by atoms with Crippen LogP contribution in [0.3, 0.4) is 0 Å². The summed E-state index contributed by atoms with van der Waals surface area (Å²) in [7, 11) is 0. The highest BCUT2D eigenvalue weighted by atomic mass is 16.3. The second kappa shape index (κ2) is 11.6. The van der Waals surface area contributed by atoms with Crippen LogP contribution in [-0.2, 0) is 10.8 Å². The molecule has 0 aliphatic rings. The van der Waals surface area contributed by atoms with Crippen molar-refractivity contribution in [1.82, 2.24) is 9.13 Å². The third kappa shape index (κ3) is 4.63. The molecule has 0 saturated heterocycles. The fraction of sp³-hybridized carbons (Fsp3) is 0.154. The minimum atomic E-state index is -0.112. The van der Waals surface area contributed by atoms with E-state index in [1.54, 1.807) is 6.07 Å². The van der Waals surface area contributed by atoms with E-state index in [4.69, 9.17) is 8.83 Å². The number of benzene rings is 7. The van der Waals surface area contributed by atoms with Crippen molar-refractivity contribution in [2.45, 2.75) is 52.4 Å². The van der Waals surface area contributed by atoms with E-state index in [-0.39, 0.29) is 10.8 Å². The van der Waals surface area contributed by atoms with Crippen molar-refractivity contribution in [2.24, 2.45) is 0 Å². The molecule has 11 aromatic rings. The van der Waals surface area contributed by atoms with Crippen molar-refractivity contribution in [3.8, 4) is 23.5 Å². The van der Waals surface area contributed by atoms with Crippen molar-refractivity contribution in [1.29, 1.82) is 10.5 Å². The van der Waals surface area contributed by atoms with Gasteiger partial charge in [0.15, 0.2) is 0 Å². The lowest BCUT2D eigenvalue weighted by molar-refractivity contribution is 0.591. The number of hydrogen-bond acceptors (Lipinski definition) is 4. The molecule has 7 aromatic carbocycles. The van der Waals surface area contributed by atoms with Gasteiger partial charge < -0.3 is 18.0 Å². The Morgan fingerprint density at radius 2 is 0.948 bits per heavy atom. The Morgan fingerprint density at radius 1 is 0.466 bits per heavy atom. The van der Waals surface area contributed by atoms with Gasteiger partial charge in [0.25, 0.3) is 0 Å². The van der Waals surface area contributed by atoms with Gasteiger partial charge in [-0.05, 0) is 94.8 Å². The molecule has 0 fully saturated rings. The minimum Gasteiger partial charge on any atom is -0.455 e. The Kier molecular flexibility index (Phi) is 6.82. The summed E-state index contributed by atoms with van der Waals surface area (Å²) in [6, 6.07) is 46.7. The maximum atomic E-state index is 11.1. The molecule has 0 atom stereocenters. The number of furan rings is 2. The quantitative estimate of drug-likeness (QED) is 0.176. The van der Waals surface area contributed by atoms with Crippen molar-refractivity contribution in [3.63, 3.8) is 0 Å². The topological polar surface area (TPSA) is 83.7 Å². The lowest BCUT2D eigenvalue weighted by Crippen LogP contribution is -2.11. The summed E-state index contributed by atoms with van der Waals surface area (Å²) in [6.45, 7) is 13.4. The number of nitriles is 2. The van der Waals surface area contributed by atoms with Crippen LogP contribution < -0.4 is 0 Å². The molecule has 0 N–H and O–H groups in total. The SMILES string of the molecule is CC(C)(C)c1ccc2c(c1)c1c3oc4ccccc4c3ccc1n2-c1cc(C#N)cc(C#N)c1-n1c2ccc(C(C)(C)C)cc2c2c3oc4ccccc4c3ccc21. The van der Waals surface area contributed by atoms with Crippen molar-refractivity contribution >= 4 is 87.5 Å². The summed E-state index contributed by atoms with van der Waals surface area (Å²) >= 11 is 0. The van der Waals surface area contributed by atoms with Crippen LogP contribution in [0.5, 0.6) is 0 Å². The van der Waals surface area contributed by atoms with Gasteiger partial charge in [0.2, 0.25) is 0 Å². The number of aromatic nitrogens is 2. The van der Waals surface area contributed by atoms with Gasteiger partial charge in [-0.1, -0.05) is 90.1 Å². The zero-order valence-electron chi connectivity index (χ0n) is 33.2. The number of fused-ring (bicyclic) bond motifs is 14. The number of para-hydroxylation sites is 2. The Bertz CT molecular complexity index is 3670. The van der Waals surface area contributed by atoms with Gasteiger partial charge in [-0.3, -0.25) is 0 Å². The molecular weight excluding hydrogens is 713 g/mol. The predicted octanol–water partition coefficient (Wildman–Crippen LogP) is 14.0. The van der Waals surface area contributed by atoms with Crippen LogP contribution in [0.4, 0.5) is 0 Å². The Labute approximate surface area is 334 Å². The first-order valence-electron chi connectivity index (χ1n) is 19.7. The van der Waals surface area contributed by atoms with Gasteiger partial charge in [0.05, 0.1) is 61.4 Å². The van der Waals surface area contributed by atoms with Gasteiger partial charge >= 0.3 is 0 Å². The highest BCUT2D eigenvalue weighted by Gasteiger charge is 2.28. The molecule has 6 heteroatoms. The summed E-state index contributed by atoms with van der Waals surface area (Å²) in [6.07, 6.45) is 0. The van der Waals surface area contributed by atoms with Crippen LogP contribution in [0.25, 0.3) is 98.9 Å². The Hall–Kier alpha value is -7.28. The standard InChI is InChI=1S/C52H38N4O2/c1-51(2,3)31-15-19-39-37(25-31)46-41(21-17-35-33-11-7-9-13-44(33)57-49(35)46)55(39)43-24-29(27-53)23-30(28-54)48(43)56-40-20-16-32(52(4,5)6)26-38(40)47-42(56)22-18-36-34-12-8-10-14-45(34)58-50(36)47/h7-26H,1-6H3. The molecule has 0 aliphatic carbocycles. The first-order chi connectivity index (χ1) is 27.9. The molecule has 0 bridgehead atoms. The van der Waals surface area contributed by atoms with Crippen LogP contribution >= 0.6 is 0 Å². The van der Waals surface area contributed by atoms with E-state index in [1.165, 1.54) is 11.1 Å². The second-order valence-electron chi connectivity index (χ2n) is 17.6. The van der Waals surface area contributed by atoms with E-state index in [0.29, 0.717) is 16.8 Å². The van der Waals surface area contributed by atoms with E-state index in [2.05, 4.69) is 136 Å². The third-order valence-electron chi connectivity index (χ3n) is 12.1. The predicted molar refractivity (Wildman–Crippen MR) is 237 cm³/mol. The Morgan fingerprint density at radius 3 is 1.45 bits per heavy atom. The zero-order valence-corrected chi connectivity index (χ0v) is 33.2. The lowest BCUT2D eigenvalue weighted by Gasteiger charge is -2.21. The highest BCUT2D eigenvalue weighted by molar-refractivity contribution is 6.26.